The maximum Gasteiger partial charge on any atom is 0.236 e. The Morgan fingerprint density at radius 1 is 1.60 bits per heavy atom. The molecular weight excluding hydrogens is 196 g/mol. The molecule has 0 N–H and O–H groups in total. The average molecular weight is 210 g/mol. The first-order valence-electron chi connectivity index (χ1n) is 5.10. The molecule has 0 amide bonds. The highest BCUT2D eigenvalue weighted by molar-refractivity contribution is 5.81. The maximum absolute atomic E-state index is 11.1. The SMILES string of the molecule is CC(=O)C(C)c1nc(C2CCOC2)no1. The number of rotatable bonds is 3. The van der Waals surface area contributed by atoms with Crippen LogP contribution in [0.1, 0.15) is 43.8 Å². The van der Waals surface area contributed by atoms with Gasteiger partial charge < -0.3 is 9.26 Å². The molecule has 1 aliphatic heterocycles. The Kier molecular flexibility index (Phi) is 2.81. The molecule has 0 bridgehead atoms. The molecule has 1 aromatic rings. The number of ketones is 1. The summed E-state index contributed by atoms with van der Waals surface area (Å²) < 4.78 is 10.3. The van der Waals surface area contributed by atoms with Crippen LogP contribution in [0.5, 0.6) is 0 Å². The molecule has 1 aromatic heterocycles. The van der Waals surface area contributed by atoms with Crippen molar-refractivity contribution in [2.75, 3.05) is 13.2 Å². The highest BCUT2D eigenvalue weighted by Crippen LogP contribution is 2.24. The molecular formula is C10H14N2O3. The van der Waals surface area contributed by atoms with Gasteiger partial charge in [0.2, 0.25) is 5.89 Å². The largest absolute Gasteiger partial charge is 0.381 e. The van der Waals surface area contributed by atoms with Crippen molar-refractivity contribution in [1.82, 2.24) is 10.1 Å². The summed E-state index contributed by atoms with van der Waals surface area (Å²) in [5.41, 5.74) is 0. The predicted molar refractivity (Wildman–Crippen MR) is 51.6 cm³/mol. The van der Waals surface area contributed by atoms with Crippen LogP contribution in [0.4, 0.5) is 0 Å². The van der Waals surface area contributed by atoms with Crippen LogP contribution in [0.15, 0.2) is 4.52 Å². The third-order valence-corrected chi connectivity index (χ3v) is 2.73. The molecule has 1 saturated heterocycles. The summed E-state index contributed by atoms with van der Waals surface area (Å²) in [6, 6.07) is 0. The summed E-state index contributed by atoms with van der Waals surface area (Å²) >= 11 is 0. The number of hydrogen-bond donors (Lipinski definition) is 0. The van der Waals surface area contributed by atoms with E-state index in [0.717, 1.165) is 13.0 Å². The van der Waals surface area contributed by atoms with Crippen molar-refractivity contribution < 1.29 is 14.1 Å². The van der Waals surface area contributed by atoms with Crippen molar-refractivity contribution in [2.45, 2.75) is 32.1 Å². The highest BCUT2D eigenvalue weighted by Gasteiger charge is 2.25. The number of aromatic nitrogens is 2. The normalized spacial score (nSPS) is 22.9. The number of hydrogen-bond acceptors (Lipinski definition) is 5. The Hall–Kier alpha value is -1.23. The quantitative estimate of drug-likeness (QED) is 0.751. The summed E-state index contributed by atoms with van der Waals surface area (Å²) in [7, 11) is 0. The van der Waals surface area contributed by atoms with Crippen LogP contribution >= 0.6 is 0 Å². The standard InChI is InChI=1S/C10H14N2O3/c1-6(7(2)13)10-11-9(12-15-10)8-3-4-14-5-8/h6,8H,3-5H2,1-2H3. The second-order valence-corrected chi connectivity index (χ2v) is 3.88. The van der Waals surface area contributed by atoms with Crippen LogP contribution in [-0.2, 0) is 9.53 Å². The smallest absolute Gasteiger partial charge is 0.236 e. The molecule has 0 saturated carbocycles. The molecule has 15 heavy (non-hydrogen) atoms. The van der Waals surface area contributed by atoms with Gasteiger partial charge in [-0.25, -0.2) is 0 Å². The zero-order valence-corrected chi connectivity index (χ0v) is 8.90. The third kappa shape index (κ3) is 2.07. The Balaban J connectivity index is 2.12. The number of nitrogens with zero attached hydrogens (tertiary/aromatic N) is 2. The van der Waals surface area contributed by atoms with Gasteiger partial charge in [-0.05, 0) is 20.3 Å². The molecule has 2 atom stereocenters. The first-order valence-corrected chi connectivity index (χ1v) is 5.10. The minimum atomic E-state index is -0.312. The molecule has 82 valence electrons. The van der Waals surface area contributed by atoms with Crippen molar-refractivity contribution in [3.8, 4) is 0 Å². The molecule has 5 nitrogen and oxygen atoms in total. The van der Waals surface area contributed by atoms with Crippen molar-refractivity contribution >= 4 is 5.78 Å². The lowest BCUT2D eigenvalue weighted by atomic mass is 10.1. The van der Waals surface area contributed by atoms with E-state index in [9.17, 15) is 4.79 Å². The second-order valence-electron chi connectivity index (χ2n) is 3.88. The van der Waals surface area contributed by atoms with Gasteiger partial charge in [-0.3, -0.25) is 4.79 Å². The van der Waals surface area contributed by atoms with Crippen LogP contribution < -0.4 is 0 Å². The minimum Gasteiger partial charge on any atom is -0.381 e. The molecule has 2 unspecified atom stereocenters. The van der Waals surface area contributed by atoms with Crippen molar-refractivity contribution in [3.05, 3.63) is 11.7 Å². The molecule has 2 heterocycles. The van der Waals surface area contributed by atoms with Crippen LogP contribution in [0.25, 0.3) is 0 Å². The van der Waals surface area contributed by atoms with Gasteiger partial charge in [0, 0.05) is 12.5 Å². The first-order chi connectivity index (χ1) is 7.18. The van der Waals surface area contributed by atoms with Gasteiger partial charge >= 0.3 is 0 Å². The fourth-order valence-electron chi connectivity index (χ4n) is 1.50. The summed E-state index contributed by atoms with van der Waals surface area (Å²) in [6.45, 7) is 4.68. The van der Waals surface area contributed by atoms with Crippen molar-refractivity contribution in [3.63, 3.8) is 0 Å². The lowest BCUT2D eigenvalue weighted by Crippen LogP contribution is -2.05. The summed E-state index contributed by atoms with van der Waals surface area (Å²) in [5, 5.41) is 3.88. The Morgan fingerprint density at radius 2 is 2.40 bits per heavy atom. The second kappa shape index (κ2) is 4.10. The molecule has 1 fully saturated rings. The molecule has 2 rings (SSSR count). The van der Waals surface area contributed by atoms with E-state index in [1.54, 1.807) is 6.92 Å². The number of carbonyl (C=O) groups is 1. The fourth-order valence-corrected chi connectivity index (χ4v) is 1.50. The van der Waals surface area contributed by atoms with Gasteiger partial charge in [0.05, 0.1) is 12.5 Å². The van der Waals surface area contributed by atoms with Gasteiger partial charge in [-0.15, -0.1) is 0 Å². The number of ether oxygens (including phenoxy) is 1. The monoisotopic (exact) mass is 210 g/mol. The van der Waals surface area contributed by atoms with E-state index >= 15 is 0 Å². The number of Topliss-reactive ketones (excluding diaryl/α,β-unsaturated/α-hetero) is 1. The zero-order valence-electron chi connectivity index (χ0n) is 8.90. The van der Waals surface area contributed by atoms with Gasteiger partial charge in [0.25, 0.3) is 0 Å². The minimum absolute atomic E-state index is 0.0351. The average Bonchev–Trinajstić information content (AvgIpc) is 2.86. The fraction of sp³-hybridized carbons (Fsp3) is 0.700. The van der Waals surface area contributed by atoms with E-state index in [1.807, 2.05) is 0 Å². The summed E-state index contributed by atoms with van der Waals surface area (Å²) in [5.74, 6) is 1.02. The van der Waals surface area contributed by atoms with E-state index in [-0.39, 0.29) is 17.6 Å². The molecule has 1 aliphatic rings. The Bertz CT molecular complexity index is 355. The van der Waals surface area contributed by atoms with Gasteiger partial charge in [0.15, 0.2) is 5.82 Å². The maximum atomic E-state index is 11.1. The molecule has 0 aromatic carbocycles. The van der Waals surface area contributed by atoms with E-state index < -0.39 is 0 Å². The van der Waals surface area contributed by atoms with Crippen LogP contribution in [-0.4, -0.2) is 29.1 Å². The van der Waals surface area contributed by atoms with E-state index in [2.05, 4.69) is 10.1 Å². The molecule has 0 spiro atoms. The van der Waals surface area contributed by atoms with Crippen LogP contribution in [0.3, 0.4) is 0 Å². The first kappa shape index (κ1) is 10.3. The van der Waals surface area contributed by atoms with Crippen LogP contribution in [0, 0.1) is 0 Å². The number of carbonyl (C=O) groups excluding carboxylic acids is 1. The van der Waals surface area contributed by atoms with E-state index in [0.29, 0.717) is 18.3 Å². The van der Waals surface area contributed by atoms with Gasteiger partial charge in [0.1, 0.15) is 5.78 Å². The van der Waals surface area contributed by atoms with Crippen molar-refractivity contribution in [1.29, 1.82) is 0 Å². The van der Waals surface area contributed by atoms with E-state index in [1.165, 1.54) is 6.92 Å². The molecule has 5 heteroatoms. The molecule has 0 radical (unpaired) electrons. The van der Waals surface area contributed by atoms with Gasteiger partial charge in [-0.1, -0.05) is 5.16 Å². The van der Waals surface area contributed by atoms with E-state index in [4.69, 9.17) is 9.26 Å². The summed E-state index contributed by atoms with van der Waals surface area (Å²) in [4.78, 5) is 15.4. The van der Waals surface area contributed by atoms with Gasteiger partial charge in [-0.2, -0.15) is 4.98 Å². The summed E-state index contributed by atoms with van der Waals surface area (Å²) in [6.07, 6.45) is 0.924. The lowest BCUT2D eigenvalue weighted by molar-refractivity contribution is -0.118. The Morgan fingerprint density at radius 3 is 3.00 bits per heavy atom. The van der Waals surface area contributed by atoms with Crippen molar-refractivity contribution in [2.24, 2.45) is 0 Å². The third-order valence-electron chi connectivity index (χ3n) is 2.73. The van der Waals surface area contributed by atoms with Crippen LogP contribution in [0.2, 0.25) is 0 Å². The Labute approximate surface area is 87.8 Å². The highest BCUT2D eigenvalue weighted by atomic mass is 16.5. The zero-order chi connectivity index (χ0) is 10.8. The molecule has 0 aliphatic carbocycles. The lowest BCUT2D eigenvalue weighted by Gasteiger charge is -1.99. The topological polar surface area (TPSA) is 65.2 Å². The predicted octanol–water partition coefficient (Wildman–Crippen LogP) is 1.27.